The minimum atomic E-state index is -2.57. The molecule has 0 aliphatic heterocycles. The molecular weight excluding hydrogens is 389 g/mol. The third-order valence-corrected chi connectivity index (χ3v) is 9.89. The van der Waals surface area contributed by atoms with Crippen LogP contribution in [-0.2, 0) is 0 Å². The Labute approximate surface area is 177 Å². The molecule has 3 aromatic carbocycles. The number of ether oxygens (including phenoxy) is 1. The second-order valence-corrected chi connectivity index (χ2v) is 11.3. The Balaban J connectivity index is 1.60. The van der Waals surface area contributed by atoms with Crippen molar-refractivity contribution in [3.8, 4) is 5.88 Å². The number of H-pyrrole nitrogens is 1. The van der Waals surface area contributed by atoms with Gasteiger partial charge in [0.05, 0.1) is 0 Å². The van der Waals surface area contributed by atoms with Gasteiger partial charge in [-0.15, -0.1) is 0 Å². The first-order valence-electron chi connectivity index (χ1n) is 10.5. The van der Waals surface area contributed by atoms with Crippen molar-refractivity contribution in [2.45, 2.75) is 12.8 Å². The summed E-state index contributed by atoms with van der Waals surface area (Å²) in [5.74, 6) is 2.24. The van der Waals surface area contributed by atoms with E-state index >= 15 is 0 Å². The summed E-state index contributed by atoms with van der Waals surface area (Å²) < 4.78 is 5.90. The van der Waals surface area contributed by atoms with E-state index in [0.717, 1.165) is 18.3 Å². The van der Waals surface area contributed by atoms with Crippen molar-refractivity contribution in [1.82, 2.24) is 10.2 Å². The zero-order valence-corrected chi connectivity index (χ0v) is 17.8. The summed E-state index contributed by atoms with van der Waals surface area (Å²) >= 11 is 0. The number of aromatic amines is 1. The number of benzene rings is 3. The van der Waals surface area contributed by atoms with E-state index in [1.165, 1.54) is 28.8 Å². The van der Waals surface area contributed by atoms with E-state index in [9.17, 15) is 0 Å². The minimum absolute atomic E-state index is 0.705. The van der Waals surface area contributed by atoms with Crippen LogP contribution in [0.4, 0.5) is 5.82 Å². The van der Waals surface area contributed by atoms with Crippen LogP contribution >= 0.6 is 7.41 Å². The monoisotopic (exact) mass is 415 g/mol. The second kappa shape index (κ2) is 8.33. The maximum absolute atomic E-state index is 5.90. The molecule has 0 unspecified atom stereocenters. The molecule has 1 heterocycles. The van der Waals surface area contributed by atoms with Gasteiger partial charge in [-0.25, -0.2) is 0 Å². The summed E-state index contributed by atoms with van der Waals surface area (Å²) in [6, 6.07) is 34.2. The molecule has 1 saturated carbocycles. The fourth-order valence-corrected chi connectivity index (χ4v) is 7.93. The van der Waals surface area contributed by atoms with Gasteiger partial charge in [-0.2, -0.15) is 0 Å². The van der Waals surface area contributed by atoms with Gasteiger partial charge in [-0.05, 0) is 0 Å². The van der Waals surface area contributed by atoms with Gasteiger partial charge in [0.15, 0.2) is 0 Å². The number of anilines is 1. The molecule has 0 atom stereocenters. The second-order valence-electron chi connectivity index (χ2n) is 7.84. The quantitative estimate of drug-likeness (QED) is 0.423. The first-order valence-corrected chi connectivity index (χ1v) is 12.5. The Morgan fingerprint density at radius 2 is 1.30 bits per heavy atom. The first-order chi connectivity index (χ1) is 14.8. The van der Waals surface area contributed by atoms with Gasteiger partial charge in [0, 0.05) is 0 Å². The number of hydrogen-bond donors (Lipinski definition) is 2. The van der Waals surface area contributed by atoms with Gasteiger partial charge in [0.1, 0.15) is 0 Å². The summed E-state index contributed by atoms with van der Waals surface area (Å²) in [6.07, 6.45) is 2.54. The summed E-state index contributed by atoms with van der Waals surface area (Å²) in [7, 11) is -2.57. The van der Waals surface area contributed by atoms with Crippen LogP contribution in [0, 0.1) is 5.92 Å². The Morgan fingerprint density at radius 3 is 1.77 bits per heavy atom. The van der Waals surface area contributed by atoms with Crippen LogP contribution in [0.1, 0.15) is 12.8 Å². The fraction of sp³-hybridized carbons (Fsp3) is 0.160. The number of hydrogen-bond acceptors (Lipinski definition) is 3. The third-order valence-electron chi connectivity index (χ3n) is 5.66. The molecule has 4 aromatic rings. The summed E-state index contributed by atoms with van der Waals surface area (Å²) in [6.45, 7) is 0.764. The third kappa shape index (κ3) is 3.83. The van der Waals surface area contributed by atoms with Gasteiger partial charge in [-0.1, -0.05) is 0 Å². The van der Waals surface area contributed by atoms with E-state index in [2.05, 4.69) is 106 Å². The first kappa shape index (κ1) is 18.9. The summed E-state index contributed by atoms with van der Waals surface area (Å²) in [4.78, 5) is 0. The van der Waals surface area contributed by atoms with Crippen LogP contribution in [0.25, 0.3) is 0 Å². The van der Waals surface area contributed by atoms with Crippen LogP contribution in [0.15, 0.2) is 97.1 Å². The van der Waals surface area contributed by atoms with E-state index in [1.54, 1.807) is 0 Å². The average Bonchev–Trinajstić information content (AvgIpc) is 3.55. The van der Waals surface area contributed by atoms with Crippen LogP contribution < -0.4 is 25.7 Å². The molecule has 1 aromatic heterocycles. The van der Waals surface area contributed by atoms with Crippen LogP contribution in [0.5, 0.6) is 5.88 Å². The van der Waals surface area contributed by atoms with Crippen molar-refractivity contribution >= 4 is 29.1 Å². The van der Waals surface area contributed by atoms with Crippen LogP contribution in [0.3, 0.4) is 0 Å². The Hall–Kier alpha value is -3.10. The van der Waals surface area contributed by atoms with Gasteiger partial charge < -0.3 is 0 Å². The molecule has 2 N–H and O–H groups in total. The summed E-state index contributed by atoms with van der Waals surface area (Å²) in [5.41, 5.74) is 0. The zero-order chi connectivity index (χ0) is 20.2. The number of rotatable bonds is 8. The Bertz CT molecular complexity index is 982. The topological polar surface area (TPSA) is 49.9 Å². The molecule has 5 heteroatoms. The van der Waals surface area contributed by atoms with Gasteiger partial charge in [-0.3, -0.25) is 0 Å². The number of aromatic nitrogens is 2. The molecule has 0 bridgehead atoms. The van der Waals surface area contributed by atoms with Crippen molar-refractivity contribution < 1.29 is 4.74 Å². The SMILES string of the molecule is c1ccc([PH](Nc2cc(OCC3CC3)[nH]n2)(c2ccccc2)c2ccccc2)cc1. The molecule has 1 aliphatic rings. The molecule has 1 aliphatic carbocycles. The number of nitrogens with zero attached hydrogens (tertiary/aromatic N) is 1. The standard InChI is InChI=1S/C25H26N3OP/c1-4-10-21(11-5-1)30(22-12-6-2-7-13-22,23-14-8-3-9-15-23)28-24-18-25(27-26-24)29-19-20-16-17-20/h1-15,18,20,30H,16-17,19H2,(H2,26,27,28). The van der Waals surface area contributed by atoms with Crippen LogP contribution in [0.2, 0.25) is 0 Å². The Morgan fingerprint density at radius 1 is 0.800 bits per heavy atom. The van der Waals surface area contributed by atoms with Gasteiger partial charge >= 0.3 is 177 Å². The molecule has 5 rings (SSSR count). The average molecular weight is 415 g/mol. The van der Waals surface area contributed by atoms with Crippen molar-refractivity contribution in [2.24, 2.45) is 5.92 Å². The van der Waals surface area contributed by atoms with Gasteiger partial charge in [0.25, 0.3) is 0 Å². The van der Waals surface area contributed by atoms with E-state index < -0.39 is 7.41 Å². The van der Waals surface area contributed by atoms with E-state index in [0.29, 0.717) is 5.92 Å². The van der Waals surface area contributed by atoms with Crippen LogP contribution in [-0.4, -0.2) is 16.8 Å². The van der Waals surface area contributed by atoms with E-state index in [1.807, 2.05) is 6.07 Å². The van der Waals surface area contributed by atoms with Crippen molar-refractivity contribution in [1.29, 1.82) is 0 Å². The Kier molecular flexibility index (Phi) is 5.25. The predicted molar refractivity (Wildman–Crippen MR) is 127 cm³/mol. The molecule has 0 amide bonds. The fourth-order valence-electron chi connectivity index (χ4n) is 3.91. The molecule has 4 nitrogen and oxygen atoms in total. The predicted octanol–water partition coefficient (Wildman–Crippen LogP) is 4.25. The van der Waals surface area contributed by atoms with Crippen molar-refractivity contribution in [3.63, 3.8) is 0 Å². The normalized spacial score (nSPS) is 14.3. The summed E-state index contributed by atoms with van der Waals surface area (Å²) in [5, 5.41) is 15.3. The van der Waals surface area contributed by atoms with E-state index in [-0.39, 0.29) is 0 Å². The molecule has 0 spiro atoms. The molecule has 30 heavy (non-hydrogen) atoms. The molecule has 0 radical (unpaired) electrons. The molecule has 1 fully saturated rings. The zero-order valence-electron chi connectivity index (χ0n) is 16.8. The van der Waals surface area contributed by atoms with Gasteiger partial charge in [0.2, 0.25) is 0 Å². The maximum atomic E-state index is 5.90. The molecule has 0 saturated heterocycles. The molecule has 152 valence electrons. The van der Waals surface area contributed by atoms with E-state index in [4.69, 9.17) is 4.74 Å². The molecular formula is C25H26N3OP. The van der Waals surface area contributed by atoms with Crippen molar-refractivity contribution in [2.75, 3.05) is 11.7 Å². The number of nitrogens with one attached hydrogen (secondary N) is 2. The van der Waals surface area contributed by atoms with Crippen molar-refractivity contribution in [3.05, 3.63) is 97.1 Å².